The van der Waals surface area contributed by atoms with E-state index in [9.17, 15) is 5.11 Å². The number of aliphatic hydroxyl groups excluding tert-OH is 1. The molecule has 1 atom stereocenters. The van der Waals surface area contributed by atoms with Crippen LogP contribution in [0.1, 0.15) is 5.56 Å². The van der Waals surface area contributed by atoms with Gasteiger partial charge in [-0.05, 0) is 31.7 Å². The minimum atomic E-state index is -0.342. The molecule has 0 unspecified atom stereocenters. The van der Waals surface area contributed by atoms with E-state index >= 15 is 0 Å². The lowest BCUT2D eigenvalue weighted by Gasteiger charge is -2.34. The van der Waals surface area contributed by atoms with Crippen molar-refractivity contribution in [2.24, 2.45) is 0 Å². The van der Waals surface area contributed by atoms with Crippen LogP contribution >= 0.6 is 0 Å². The number of anilines is 1. The van der Waals surface area contributed by atoms with Crippen LogP contribution in [0.5, 0.6) is 0 Å². The minimum absolute atomic E-state index is 0.342. The molecule has 1 aromatic heterocycles. The van der Waals surface area contributed by atoms with Gasteiger partial charge in [-0.1, -0.05) is 0 Å². The Morgan fingerprint density at radius 2 is 2.05 bits per heavy atom. The average molecular weight is 278 g/mol. The van der Waals surface area contributed by atoms with Crippen molar-refractivity contribution in [3.8, 4) is 0 Å². The number of piperazine rings is 1. The molecule has 0 saturated carbocycles. The van der Waals surface area contributed by atoms with Gasteiger partial charge in [0, 0.05) is 52.5 Å². The Hall–Kier alpha value is -1.17. The van der Waals surface area contributed by atoms with Gasteiger partial charge in [0.1, 0.15) is 5.82 Å². The highest BCUT2D eigenvalue weighted by Gasteiger charge is 2.18. The van der Waals surface area contributed by atoms with Gasteiger partial charge in [-0.2, -0.15) is 0 Å². The predicted octanol–water partition coefficient (Wildman–Crippen LogP) is 0.435. The van der Waals surface area contributed by atoms with Gasteiger partial charge in [-0.3, -0.25) is 4.90 Å². The predicted molar refractivity (Wildman–Crippen MR) is 82.2 cm³/mol. The molecular formula is C15H26N4O. The third-order valence-corrected chi connectivity index (χ3v) is 3.84. The van der Waals surface area contributed by atoms with E-state index in [0.717, 1.165) is 38.5 Å². The smallest absolute Gasteiger partial charge is 0.128 e. The largest absolute Gasteiger partial charge is 0.390 e. The van der Waals surface area contributed by atoms with Gasteiger partial charge >= 0.3 is 0 Å². The summed E-state index contributed by atoms with van der Waals surface area (Å²) in [6.07, 6.45) is 1.47. The third kappa shape index (κ3) is 4.44. The van der Waals surface area contributed by atoms with Gasteiger partial charge < -0.3 is 14.9 Å². The average Bonchev–Trinajstić information content (AvgIpc) is 2.41. The van der Waals surface area contributed by atoms with Crippen molar-refractivity contribution in [2.75, 3.05) is 58.3 Å². The topological polar surface area (TPSA) is 42.8 Å². The standard InChI is InChI=1S/C15H26N4O/c1-13-4-5-16-15(10-13)18(3)11-14(20)12-19-8-6-17(2)7-9-19/h4-5,10,14,20H,6-9,11-12H2,1-3H3/t14-/m1/s1. The third-order valence-electron chi connectivity index (χ3n) is 3.84. The van der Waals surface area contributed by atoms with Crippen molar-refractivity contribution in [3.05, 3.63) is 23.9 Å². The van der Waals surface area contributed by atoms with Gasteiger partial charge in [-0.25, -0.2) is 4.98 Å². The summed E-state index contributed by atoms with van der Waals surface area (Å²) in [5, 5.41) is 10.2. The number of pyridine rings is 1. The van der Waals surface area contributed by atoms with Crippen LogP contribution in [0, 0.1) is 6.92 Å². The lowest BCUT2D eigenvalue weighted by molar-refractivity contribution is 0.0842. The van der Waals surface area contributed by atoms with Gasteiger partial charge in [0.05, 0.1) is 6.10 Å². The lowest BCUT2D eigenvalue weighted by atomic mass is 10.2. The number of hydrogen-bond acceptors (Lipinski definition) is 5. The number of β-amino-alcohol motifs (C(OH)–C–C–N with tert-alkyl or cyclic N) is 1. The second-order valence-corrected chi connectivity index (χ2v) is 5.83. The van der Waals surface area contributed by atoms with E-state index in [-0.39, 0.29) is 6.10 Å². The first-order chi connectivity index (χ1) is 9.54. The number of aliphatic hydroxyl groups is 1. The van der Waals surface area contributed by atoms with E-state index in [0.29, 0.717) is 6.54 Å². The van der Waals surface area contributed by atoms with Crippen molar-refractivity contribution in [1.29, 1.82) is 0 Å². The highest BCUT2D eigenvalue weighted by atomic mass is 16.3. The van der Waals surface area contributed by atoms with E-state index < -0.39 is 0 Å². The van der Waals surface area contributed by atoms with Crippen molar-refractivity contribution in [3.63, 3.8) is 0 Å². The molecule has 1 aromatic rings. The fourth-order valence-corrected chi connectivity index (χ4v) is 2.52. The fraction of sp³-hybridized carbons (Fsp3) is 0.667. The summed E-state index contributed by atoms with van der Waals surface area (Å²) in [6, 6.07) is 4.03. The van der Waals surface area contributed by atoms with Gasteiger partial charge in [0.15, 0.2) is 0 Å². The molecular weight excluding hydrogens is 252 g/mol. The van der Waals surface area contributed by atoms with E-state index in [1.54, 1.807) is 0 Å². The normalized spacial score (nSPS) is 19.0. The Kier molecular flexibility index (Phi) is 5.34. The number of aryl methyl sites for hydroxylation is 1. The first-order valence-electron chi connectivity index (χ1n) is 7.27. The molecule has 0 bridgehead atoms. The van der Waals surface area contributed by atoms with Gasteiger partial charge in [0.2, 0.25) is 0 Å². The summed E-state index contributed by atoms with van der Waals surface area (Å²) < 4.78 is 0. The second kappa shape index (κ2) is 7.02. The molecule has 1 saturated heterocycles. The van der Waals surface area contributed by atoms with E-state index in [1.165, 1.54) is 5.56 Å². The molecule has 0 aliphatic carbocycles. The Balaban J connectivity index is 1.80. The molecule has 0 spiro atoms. The molecule has 1 N–H and O–H groups in total. The van der Waals surface area contributed by atoms with Crippen LogP contribution in [0.15, 0.2) is 18.3 Å². The molecule has 1 aliphatic rings. The maximum Gasteiger partial charge on any atom is 0.128 e. The molecule has 0 aromatic carbocycles. The molecule has 5 heteroatoms. The molecule has 0 radical (unpaired) electrons. The van der Waals surface area contributed by atoms with Crippen molar-refractivity contribution in [1.82, 2.24) is 14.8 Å². The van der Waals surface area contributed by atoms with E-state index in [1.807, 2.05) is 30.3 Å². The Morgan fingerprint density at radius 3 is 2.70 bits per heavy atom. The summed E-state index contributed by atoms with van der Waals surface area (Å²) in [4.78, 5) is 11.0. The van der Waals surface area contributed by atoms with Crippen LogP contribution in [0.4, 0.5) is 5.82 Å². The maximum atomic E-state index is 10.2. The summed E-state index contributed by atoms with van der Waals surface area (Å²) in [5.41, 5.74) is 1.19. The van der Waals surface area contributed by atoms with Crippen LogP contribution in [0.3, 0.4) is 0 Å². The lowest BCUT2D eigenvalue weighted by Crippen LogP contribution is -2.48. The molecule has 5 nitrogen and oxygen atoms in total. The number of rotatable bonds is 5. The Labute approximate surface area is 121 Å². The van der Waals surface area contributed by atoms with Crippen LogP contribution < -0.4 is 4.90 Å². The van der Waals surface area contributed by atoms with E-state index in [2.05, 4.69) is 28.8 Å². The van der Waals surface area contributed by atoms with Crippen LogP contribution in [-0.4, -0.2) is 79.4 Å². The molecule has 0 amide bonds. The number of aromatic nitrogens is 1. The molecule has 2 rings (SSSR count). The highest BCUT2D eigenvalue weighted by molar-refractivity contribution is 5.39. The number of nitrogens with zero attached hydrogens (tertiary/aromatic N) is 4. The zero-order valence-electron chi connectivity index (χ0n) is 12.8. The number of likely N-dealkylation sites (N-methyl/N-ethyl adjacent to an activating group) is 2. The zero-order chi connectivity index (χ0) is 14.5. The monoisotopic (exact) mass is 278 g/mol. The first-order valence-corrected chi connectivity index (χ1v) is 7.27. The van der Waals surface area contributed by atoms with Gasteiger partial charge in [0.25, 0.3) is 0 Å². The Morgan fingerprint density at radius 1 is 1.35 bits per heavy atom. The van der Waals surface area contributed by atoms with E-state index in [4.69, 9.17) is 0 Å². The summed E-state index contributed by atoms with van der Waals surface area (Å²) in [5.74, 6) is 0.919. The summed E-state index contributed by atoms with van der Waals surface area (Å²) >= 11 is 0. The maximum absolute atomic E-state index is 10.2. The van der Waals surface area contributed by atoms with Crippen LogP contribution in [0.25, 0.3) is 0 Å². The second-order valence-electron chi connectivity index (χ2n) is 5.83. The van der Waals surface area contributed by atoms with Crippen molar-refractivity contribution < 1.29 is 5.11 Å². The number of hydrogen-bond donors (Lipinski definition) is 1. The molecule has 20 heavy (non-hydrogen) atoms. The summed E-state index contributed by atoms with van der Waals surface area (Å²) in [7, 11) is 4.12. The molecule has 2 heterocycles. The first kappa shape index (κ1) is 15.2. The van der Waals surface area contributed by atoms with Crippen LogP contribution in [-0.2, 0) is 0 Å². The minimum Gasteiger partial charge on any atom is -0.390 e. The van der Waals surface area contributed by atoms with Gasteiger partial charge in [-0.15, -0.1) is 0 Å². The summed E-state index contributed by atoms with van der Waals surface area (Å²) in [6.45, 7) is 7.66. The zero-order valence-corrected chi connectivity index (χ0v) is 12.8. The highest BCUT2D eigenvalue weighted by Crippen LogP contribution is 2.11. The quantitative estimate of drug-likeness (QED) is 0.846. The molecule has 1 fully saturated rings. The SMILES string of the molecule is Cc1ccnc(N(C)C[C@@H](O)CN2CCN(C)CC2)c1. The molecule has 1 aliphatic heterocycles. The molecule has 112 valence electrons. The fourth-order valence-electron chi connectivity index (χ4n) is 2.52. The Bertz CT molecular complexity index is 418. The van der Waals surface area contributed by atoms with Crippen molar-refractivity contribution in [2.45, 2.75) is 13.0 Å². The van der Waals surface area contributed by atoms with Crippen LogP contribution in [0.2, 0.25) is 0 Å². The van der Waals surface area contributed by atoms with Crippen molar-refractivity contribution >= 4 is 5.82 Å².